The number of anilines is 1. The molecule has 2 rings (SSSR count). The Bertz CT molecular complexity index is 1050. The summed E-state index contributed by atoms with van der Waals surface area (Å²) in [5.41, 5.74) is 2.16. The van der Waals surface area contributed by atoms with Gasteiger partial charge in [0.15, 0.2) is 0 Å². The highest BCUT2D eigenvalue weighted by molar-refractivity contribution is 5.91. The molecule has 1 heterocycles. The number of rotatable bonds is 11. The molecule has 2 N–H and O–H groups in total. The van der Waals surface area contributed by atoms with Gasteiger partial charge in [-0.05, 0) is 49.9 Å². The van der Waals surface area contributed by atoms with Gasteiger partial charge in [0.25, 0.3) is 0 Å². The van der Waals surface area contributed by atoms with Crippen LogP contribution >= 0.6 is 0 Å². The lowest BCUT2D eigenvalue weighted by Crippen LogP contribution is -2.60. The van der Waals surface area contributed by atoms with Crippen LogP contribution in [0.5, 0.6) is 0 Å². The van der Waals surface area contributed by atoms with Gasteiger partial charge >= 0.3 is 5.97 Å². The number of benzene rings is 1. The molecular formula is C30H48N4O4. The van der Waals surface area contributed by atoms with Crippen molar-refractivity contribution in [1.82, 2.24) is 15.1 Å². The molecule has 8 heteroatoms. The molecule has 0 radical (unpaired) electrons. The number of hydrogen-bond acceptors (Lipinski definition) is 5. The largest absolute Gasteiger partial charge is 0.478 e. The molecular weight excluding hydrogens is 480 g/mol. The van der Waals surface area contributed by atoms with Gasteiger partial charge in [0, 0.05) is 37.8 Å². The lowest BCUT2D eigenvalue weighted by Gasteiger charge is -2.43. The maximum Gasteiger partial charge on any atom is 0.331 e. The van der Waals surface area contributed by atoms with Crippen LogP contribution in [-0.2, 0) is 14.4 Å². The van der Waals surface area contributed by atoms with Gasteiger partial charge in [-0.1, -0.05) is 65.8 Å². The van der Waals surface area contributed by atoms with Crippen LogP contribution in [0, 0.1) is 17.3 Å². The summed E-state index contributed by atoms with van der Waals surface area (Å²) in [7, 11) is 7.57. The predicted octanol–water partition coefficient (Wildman–Crippen LogP) is 3.83. The molecule has 212 valence electrons. The molecule has 1 aliphatic rings. The average Bonchev–Trinajstić information content (AvgIpc) is 3.16. The van der Waals surface area contributed by atoms with E-state index in [-0.39, 0.29) is 35.1 Å². The van der Waals surface area contributed by atoms with Crippen molar-refractivity contribution in [3.05, 3.63) is 41.5 Å². The molecule has 2 amide bonds. The summed E-state index contributed by atoms with van der Waals surface area (Å²) in [6.07, 6.45) is 1.61. The Balaban J connectivity index is 2.37. The van der Waals surface area contributed by atoms with Gasteiger partial charge < -0.3 is 20.2 Å². The minimum Gasteiger partial charge on any atom is -0.478 e. The van der Waals surface area contributed by atoms with E-state index in [1.807, 2.05) is 58.8 Å². The lowest BCUT2D eigenvalue weighted by molar-refractivity contribution is -0.141. The number of carboxylic acids is 1. The summed E-state index contributed by atoms with van der Waals surface area (Å²) in [5, 5.41) is 12.5. The summed E-state index contributed by atoms with van der Waals surface area (Å²) in [6.45, 7) is 14.3. The Morgan fingerprint density at radius 2 is 1.66 bits per heavy atom. The maximum atomic E-state index is 14.0. The number of hydrogen-bond donors (Lipinski definition) is 2. The Morgan fingerprint density at radius 3 is 2.16 bits per heavy atom. The van der Waals surface area contributed by atoms with E-state index in [1.54, 1.807) is 18.0 Å². The highest BCUT2D eigenvalue weighted by Crippen LogP contribution is 2.47. The fraction of sp³-hybridized carbons (Fsp3) is 0.633. The van der Waals surface area contributed by atoms with Crippen LogP contribution in [-0.4, -0.2) is 85.6 Å². The van der Waals surface area contributed by atoms with E-state index in [9.17, 15) is 19.5 Å². The number of likely N-dealkylation sites (N-methyl/N-ethyl adjacent to an activating group) is 3. The first-order chi connectivity index (χ1) is 17.5. The molecule has 1 unspecified atom stereocenters. The van der Waals surface area contributed by atoms with Crippen molar-refractivity contribution in [2.75, 3.05) is 39.6 Å². The third-order valence-electron chi connectivity index (χ3n) is 8.01. The van der Waals surface area contributed by atoms with Gasteiger partial charge in [0.1, 0.15) is 6.04 Å². The first-order valence-electron chi connectivity index (χ1n) is 13.5. The van der Waals surface area contributed by atoms with Crippen molar-refractivity contribution >= 4 is 23.5 Å². The van der Waals surface area contributed by atoms with Crippen LogP contribution < -0.4 is 10.2 Å². The molecule has 0 bridgehead atoms. The number of nitrogens with zero attached hydrogens (tertiary/aromatic N) is 3. The van der Waals surface area contributed by atoms with E-state index in [0.717, 1.165) is 6.54 Å². The topological polar surface area (TPSA) is 93.2 Å². The minimum atomic E-state index is -1.01. The van der Waals surface area contributed by atoms with Gasteiger partial charge in [-0.2, -0.15) is 0 Å². The van der Waals surface area contributed by atoms with Gasteiger partial charge in [-0.25, -0.2) is 4.79 Å². The first kappa shape index (κ1) is 31.3. The van der Waals surface area contributed by atoms with Crippen molar-refractivity contribution in [3.8, 4) is 0 Å². The minimum absolute atomic E-state index is 0.00496. The fourth-order valence-corrected chi connectivity index (χ4v) is 5.86. The van der Waals surface area contributed by atoms with Crippen molar-refractivity contribution in [1.29, 1.82) is 0 Å². The standard InChI is InChI=1S/C30H48N4O4/c1-18(2)24(16-20(5)29(37)38)34(11)28(36)25(19(3)4)31-27(35)26(32(8)9)30(6,7)22-17-33(10)23-15-13-12-14-21(22)23/h12-16,18-19,22,24-26H,17H2,1-11H3,(H,31,35)(H,37,38)/t22?,24-,25+,26-/m1/s1. The number of carboxylic acid groups (broad SMARTS) is 1. The molecule has 8 nitrogen and oxygen atoms in total. The fourth-order valence-electron chi connectivity index (χ4n) is 5.86. The average molecular weight is 529 g/mol. The maximum absolute atomic E-state index is 14.0. The predicted molar refractivity (Wildman–Crippen MR) is 153 cm³/mol. The monoisotopic (exact) mass is 528 g/mol. The number of fused-ring (bicyclic) bond motifs is 1. The molecule has 0 saturated heterocycles. The third-order valence-corrected chi connectivity index (χ3v) is 8.01. The molecule has 0 aliphatic carbocycles. The highest BCUT2D eigenvalue weighted by atomic mass is 16.4. The van der Waals surface area contributed by atoms with Crippen LogP contribution in [0.2, 0.25) is 0 Å². The SMILES string of the molecule is CC(=C[C@H](C(C)C)N(C)C(=O)[C@@H](NC(=O)[C@@H](N(C)C)C(C)(C)C1CN(C)c2ccccc21)C(C)C)C(=O)O. The Morgan fingerprint density at radius 1 is 1.08 bits per heavy atom. The molecule has 1 aromatic rings. The summed E-state index contributed by atoms with van der Waals surface area (Å²) in [5.74, 6) is -1.47. The van der Waals surface area contributed by atoms with Crippen LogP contribution in [0.15, 0.2) is 35.9 Å². The first-order valence-corrected chi connectivity index (χ1v) is 13.5. The van der Waals surface area contributed by atoms with Gasteiger partial charge in [-0.15, -0.1) is 0 Å². The summed E-state index contributed by atoms with van der Waals surface area (Å²) < 4.78 is 0. The number of carbonyl (C=O) groups is 3. The van der Waals surface area contributed by atoms with E-state index in [2.05, 4.69) is 43.2 Å². The van der Waals surface area contributed by atoms with Crippen LogP contribution in [0.25, 0.3) is 0 Å². The Kier molecular flexibility index (Phi) is 10.2. The Labute approximate surface area is 229 Å². The molecule has 0 spiro atoms. The van der Waals surface area contributed by atoms with E-state index >= 15 is 0 Å². The lowest BCUT2D eigenvalue weighted by atomic mass is 9.70. The zero-order valence-corrected chi connectivity index (χ0v) is 25.1. The zero-order valence-electron chi connectivity index (χ0n) is 25.1. The van der Waals surface area contributed by atoms with Gasteiger partial charge in [0.2, 0.25) is 11.8 Å². The number of amides is 2. The van der Waals surface area contributed by atoms with E-state index < -0.39 is 29.5 Å². The number of nitrogens with one attached hydrogen (secondary N) is 1. The molecule has 0 saturated carbocycles. The summed E-state index contributed by atoms with van der Waals surface area (Å²) >= 11 is 0. The van der Waals surface area contributed by atoms with Crippen molar-refractivity contribution in [2.24, 2.45) is 17.3 Å². The zero-order chi connectivity index (χ0) is 29.1. The molecule has 0 fully saturated rings. The van der Waals surface area contributed by atoms with Gasteiger partial charge in [-0.3, -0.25) is 14.5 Å². The van der Waals surface area contributed by atoms with Crippen LogP contribution in [0.3, 0.4) is 0 Å². The van der Waals surface area contributed by atoms with Crippen molar-refractivity contribution in [3.63, 3.8) is 0 Å². The second-order valence-corrected chi connectivity index (χ2v) is 12.2. The highest BCUT2D eigenvalue weighted by Gasteiger charge is 2.47. The smallest absolute Gasteiger partial charge is 0.331 e. The Hall–Kier alpha value is -2.87. The number of aliphatic carboxylic acids is 1. The number of para-hydroxylation sites is 1. The van der Waals surface area contributed by atoms with E-state index in [1.165, 1.54) is 18.2 Å². The molecule has 1 aliphatic heterocycles. The summed E-state index contributed by atoms with van der Waals surface area (Å²) in [6, 6.07) is 6.69. The summed E-state index contributed by atoms with van der Waals surface area (Å²) in [4.78, 5) is 44.9. The quantitative estimate of drug-likeness (QED) is 0.424. The normalized spacial score (nSPS) is 18.4. The van der Waals surface area contributed by atoms with Crippen LogP contribution in [0.4, 0.5) is 5.69 Å². The van der Waals surface area contributed by atoms with Crippen LogP contribution in [0.1, 0.15) is 59.9 Å². The molecule has 38 heavy (non-hydrogen) atoms. The molecule has 1 aromatic carbocycles. The molecule has 4 atom stereocenters. The van der Waals surface area contributed by atoms with Crippen molar-refractivity contribution in [2.45, 2.75) is 72.5 Å². The van der Waals surface area contributed by atoms with E-state index in [4.69, 9.17) is 0 Å². The van der Waals surface area contributed by atoms with Crippen molar-refractivity contribution < 1.29 is 19.5 Å². The van der Waals surface area contributed by atoms with E-state index in [0.29, 0.717) is 0 Å². The second kappa shape index (κ2) is 12.3. The number of carbonyl (C=O) groups excluding carboxylic acids is 2. The third kappa shape index (κ3) is 6.57. The van der Waals surface area contributed by atoms with Gasteiger partial charge in [0.05, 0.1) is 12.1 Å². The second-order valence-electron chi connectivity index (χ2n) is 12.2. The molecule has 0 aromatic heterocycles.